The van der Waals surface area contributed by atoms with E-state index in [0.29, 0.717) is 44.3 Å². The zero-order valence-electron chi connectivity index (χ0n) is 12.6. The fraction of sp³-hybridized carbons (Fsp3) is 0.929. The number of hydrogen-bond donors (Lipinski definition) is 2. The fourth-order valence-electron chi connectivity index (χ4n) is 3.45. The number of rotatable bonds is 5. The number of aliphatic hydroxyl groups is 1. The first kappa shape index (κ1) is 16.7. The lowest BCUT2D eigenvalue weighted by molar-refractivity contribution is -0.126. The Morgan fingerprint density at radius 3 is 2.38 bits per heavy atom. The minimum absolute atomic E-state index is 0.0340. The number of carbonyl (C=O) groups is 1. The molecule has 2 atom stereocenters. The van der Waals surface area contributed by atoms with Gasteiger partial charge in [0.05, 0.1) is 6.26 Å². The number of carbonyl (C=O) groups excluding carboxylic acids is 1. The van der Waals surface area contributed by atoms with Gasteiger partial charge in [-0.2, -0.15) is 0 Å². The number of nitrogens with one attached hydrogen (secondary N) is 1. The third kappa shape index (κ3) is 4.40. The van der Waals surface area contributed by atoms with Crippen molar-refractivity contribution in [1.82, 2.24) is 9.62 Å². The van der Waals surface area contributed by atoms with Gasteiger partial charge in [-0.05, 0) is 37.5 Å². The van der Waals surface area contributed by atoms with Crippen LogP contribution in [0.5, 0.6) is 0 Å². The lowest BCUT2D eigenvalue weighted by Crippen LogP contribution is -2.43. The summed E-state index contributed by atoms with van der Waals surface area (Å²) >= 11 is 0. The minimum Gasteiger partial charge on any atom is -0.396 e. The van der Waals surface area contributed by atoms with Gasteiger partial charge in [0.2, 0.25) is 15.9 Å². The Balaban J connectivity index is 1.75. The van der Waals surface area contributed by atoms with Crippen molar-refractivity contribution < 1.29 is 18.3 Å². The summed E-state index contributed by atoms with van der Waals surface area (Å²) in [6.07, 6.45) is 5.63. The van der Waals surface area contributed by atoms with Crippen LogP contribution in [-0.2, 0) is 14.8 Å². The molecule has 7 heteroatoms. The highest BCUT2D eigenvalue weighted by Gasteiger charge is 2.31. The molecule has 0 spiro atoms. The Morgan fingerprint density at radius 1 is 1.19 bits per heavy atom. The number of piperidine rings is 1. The van der Waals surface area contributed by atoms with E-state index < -0.39 is 10.0 Å². The molecule has 21 heavy (non-hydrogen) atoms. The van der Waals surface area contributed by atoms with Gasteiger partial charge in [0.25, 0.3) is 0 Å². The van der Waals surface area contributed by atoms with Crippen LogP contribution in [0.15, 0.2) is 0 Å². The summed E-state index contributed by atoms with van der Waals surface area (Å²) in [6.45, 7) is 1.70. The van der Waals surface area contributed by atoms with E-state index in [9.17, 15) is 18.3 Å². The van der Waals surface area contributed by atoms with Gasteiger partial charge in [-0.3, -0.25) is 4.79 Å². The predicted molar refractivity (Wildman–Crippen MR) is 80.1 cm³/mol. The van der Waals surface area contributed by atoms with E-state index in [1.54, 1.807) is 0 Å². The number of nitrogens with zero attached hydrogens (tertiary/aromatic N) is 1. The fourth-order valence-corrected chi connectivity index (χ4v) is 4.32. The molecule has 122 valence electrons. The Bertz CT molecular complexity index is 458. The van der Waals surface area contributed by atoms with Crippen molar-refractivity contribution in [2.24, 2.45) is 17.8 Å². The standard InChI is InChI=1S/C14H26N2O4S/c1-21(19,20)16-7-5-11(6-8-16)14(18)15-9-12-3-2-4-13(12)10-17/h11-13,17H,2-10H2,1H3,(H,15,18). The predicted octanol–water partition coefficient (Wildman–Crippen LogP) is 0.183. The van der Waals surface area contributed by atoms with Crippen LogP contribution in [-0.4, -0.2) is 56.2 Å². The number of aliphatic hydroxyl groups excluding tert-OH is 1. The van der Waals surface area contributed by atoms with Gasteiger partial charge in [-0.15, -0.1) is 0 Å². The van der Waals surface area contributed by atoms with Gasteiger partial charge in [-0.25, -0.2) is 12.7 Å². The van der Waals surface area contributed by atoms with Gasteiger partial charge in [-0.1, -0.05) is 6.42 Å². The topological polar surface area (TPSA) is 86.7 Å². The van der Waals surface area contributed by atoms with Crippen LogP contribution in [0, 0.1) is 17.8 Å². The van der Waals surface area contributed by atoms with Crippen molar-refractivity contribution in [2.45, 2.75) is 32.1 Å². The SMILES string of the molecule is CS(=O)(=O)N1CCC(C(=O)NCC2CCCC2CO)CC1. The van der Waals surface area contributed by atoms with Gasteiger partial charge in [0.15, 0.2) is 0 Å². The molecule has 6 nitrogen and oxygen atoms in total. The Labute approximate surface area is 126 Å². The summed E-state index contributed by atoms with van der Waals surface area (Å²) in [6, 6.07) is 0. The van der Waals surface area contributed by atoms with Crippen LogP contribution < -0.4 is 5.32 Å². The lowest BCUT2D eigenvalue weighted by atomic mass is 9.95. The molecule has 0 aromatic carbocycles. The zero-order valence-corrected chi connectivity index (χ0v) is 13.4. The van der Waals surface area contributed by atoms with Crippen molar-refractivity contribution in [1.29, 1.82) is 0 Å². The van der Waals surface area contributed by atoms with E-state index in [-0.39, 0.29) is 18.4 Å². The van der Waals surface area contributed by atoms with E-state index in [2.05, 4.69) is 5.32 Å². The quantitative estimate of drug-likeness (QED) is 0.757. The smallest absolute Gasteiger partial charge is 0.223 e. The molecule has 0 radical (unpaired) electrons. The maximum atomic E-state index is 12.2. The molecular weight excluding hydrogens is 292 g/mol. The Kier molecular flexibility index (Phi) is 5.62. The molecule has 1 aliphatic heterocycles. The average Bonchev–Trinajstić information content (AvgIpc) is 2.91. The van der Waals surface area contributed by atoms with Gasteiger partial charge in [0.1, 0.15) is 0 Å². The summed E-state index contributed by atoms with van der Waals surface area (Å²) < 4.78 is 24.3. The molecule has 1 aliphatic carbocycles. The Morgan fingerprint density at radius 2 is 1.81 bits per heavy atom. The minimum atomic E-state index is -3.14. The lowest BCUT2D eigenvalue weighted by Gasteiger charge is -2.30. The monoisotopic (exact) mass is 318 g/mol. The molecule has 0 aromatic rings. The molecule has 2 aliphatic rings. The van der Waals surface area contributed by atoms with Gasteiger partial charge < -0.3 is 10.4 Å². The van der Waals surface area contributed by atoms with Crippen LogP contribution in [0.25, 0.3) is 0 Å². The highest BCUT2D eigenvalue weighted by atomic mass is 32.2. The summed E-state index contributed by atoms with van der Waals surface area (Å²) in [4.78, 5) is 12.2. The first-order chi connectivity index (χ1) is 9.91. The summed E-state index contributed by atoms with van der Waals surface area (Å²) in [7, 11) is -3.14. The maximum Gasteiger partial charge on any atom is 0.223 e. The third-order valence-corrected chi connectivity index (χ3v) is 6.19. The van der Waals surface area contributed by atoms with Gasteiger partial charge >= 0.3 is 0 Å². The number of sulfonamides is 1. The molecule has 2 fully saturated rings. The molecule has 2 unspecified atom stereocenters. The van der Waals surface area contributed by atoms with E-state index >= 15 is 0 Å². The van der Waals surface area contributed by atoms with Crippen LogP contribution in [0.4, 0.5) is 0 Å². The molecule has 1 amide bonds. The van der Waals surface area contributed by atoms with Crippen molar-refractivity contribution in [3.63, 3.8) is 0 Å². The number of amides is 1. The molecule has 2 N–H and O–H groups in total. The van der Waals surface area contributed by atoms with E-state index in [1.807, 2.05) is 0 Å². The molecule has 1 saturated carbocycles. The van der Waals surface area contributed by atoms with Crippen molar-refractivity contribution in [3.8, 4) is 0 Å². The average molecular weight is 318 g/mol. The van der Waals surface area contributed by atoms with E-state index in [0.717, 1.165) is 19.3 Å². The first-order valence-electron chi connectivity index (χ1n) is 7.75. The molecule has 1 heterocycles. The molecule has 2 rings (SSSR count). The molecule has 0 aromatic heterocycles. The van der Waals surface area contributed by atoms with Gasteiger partial charge in [0, 0.05) is 32.2 Å². The van der Waals surface area contributed by atoms with E-state index in [1.165, 1.54) is 10.6 Å². The second kappa shape index (κ2) is 7.07. The first-order valence-corrected chi connectivity index (χ1v) is 9.60. The Hall–Kier alpha value is -0.660. The van der Waals surface area contributed by atoms with Crippen molar-refractivity contribution in [3.05, 3.63) is 0 Å². The van der Waals surface area contributed by atoms with Crippen LogP contribution >= 0.6 is 0 Å². The highest BCUT2D eigenvalue weighted by molar-refractivity contribution is 7.88. The van der Waals surface area contributed by atoms with Crippen LogP contribution in [0.3, 0.4) is 0 Å². The molecular formula is C14H26N2O4S. The molecule has 0 bridgehead atoms. The second-order valence-electron chi connectivity index (χ2n) is 6.32. The van der Waals surface area contributed by atoms with Crippen LogP contribution in [0.1, 0.15) is 32.1 Å². The summed E-state index contributed by atoms with van der Waals surface area (Å²) in [5.74, 6) is 0.649. The van der Waals surface area contributed by atoms with E-state index in [4.69, 9.17) is 0 Å². The zero-order chi connectivity index (χ0) is 15.5. The third-order valence-electron chi connectivity index (χ3n) is 4.88. The molecule has 1 saturated heterocycles. The normalized spacial score (nSPS) is 28.7. The van der Waals surface area contributed by atoms with Crippen molar-refractivity contribution >= 4 is 15.9 Å². The van der Waals surface area contributed by atoms with Crippen LogP contribution in [0.2, 0.25) is 0 Å². The summed E-state index contributed by atoms with van der Waals surface area (Å²) in [5, 5.41) is 12.3. The highest BCUT2D eigenvalue weighted by Crippen LogP contribution is 2.30. The maximum absolute atomic E-state index is 12.2. The second-order valence-corrected chi connectivity index (χ2v) is 8.30. The summed E-state index contributed by atoms with van der Waals surface area (Å²) in [5.41, 5.74) is 0. The number of hydrogen-bond acceptors (Lipinski definition) is 4. The van der Waals surface area contributed by atoms with Crippen molar-refractivity contribution in [2.75, 3.05) is 32.5 Å². The largest absolute Gasteiger partial charge is 0.396 e.